The van der Waals surface area contributed by atoms with E-state index in [1.807, 2.05) is 0 Å². The van der Waals surface area contributed by atoms with Crippen LogP contribution in [-0.2, 0) is 23.8 Å². The van der Waals surface area contributed by atoms with Gasteiger partial charge in [0.05, 0.1) is 26.4 Å². The molecule has 2 aliphatic rings. The van der Waals surface area contributed by atoms with Crippen LogP contribution in [-0.4, -0.2) is 62.4 Å². The van der Waals surface area contributed by atoms with Gasteiger partial charge in [-0.25, -0.2) is 4.79 Å². The summed E-state index contributed by atoms with van der Waals surface area (Å²) in [6, 6.07) is 0. The molecule has 2 saturated heterocycles. The number of carbonyl (C=O) groups excluding carboxylic acids is 2. The van der Waals surface area contributed by atoms with Crippen LogP contribution >= 0.6 is 0 Å². The van der Waals surface area contributed by atoms with Crippen molar-refractivity contribution in [2.24, 2.45) is 0 Å². The van der Waals surface area contributed by atoms with Crippen LogP contribution in [0.1, 0.15) is 12.8 Å². The smallest absolute Gasteiger partial charge is 0.396 e. The Morgan fingerprint density at radius 1 is 1.18 bits per heavy atom. The van der Waals surface area contributed by atoms with Crippen molar-refractivity contribution < 1.29 is 23.8 Å². The summed E-state index contributed by atoms with van der Waals surface area (Å²) in [4.78, 5) is 24.1. The van der Waals surface area contributed by atoms with E-state index in [9.17, 15) is 9.59 Å². The van der Waals surface area contributed by atoms with E-state index >= 15 is 0 Å². The molecule has 0 radical (unpaired) electrons. The molecule has 2 aliphatic heterocycles. The molecule has 1 amide bonds. The lowest BCUT2D eigenvalue weighted by atomic mass is 10.1. The van der Waals surface area contributed by atoms with Crippen LogP contribution in [0.4, 0.5) is 0 Å². The van der Waals surface area contributed by atoms with Gasteiger partial charge in [0, 0.05) is 13.1 Å². The molecule has 17 heavy (non-hydrogen) atoms. The molecular weight excluding hydrogens is 226 g/mol. The standard InChI is InChI=1S/C11H17NO5/c1-15-11(14)10(13)12-4-2-8(3-5-12)17-9-6-16-7-9/h8-9H,2-7H2,1H3. The van der Waals surface area contributed by atoms with Crippen molar-refractivity contribution in [1.29, 1.82) is 0 Å². The Morgan fingerprint density at radius 2 is 1.82 bits per heavy atom. The van der Waals surface area contributed by atoms with E-state index in [-0.39, 0.29) is 12.2 Å². The van der Waals surface area contributed by atoms with Crippen molar-refractivity contribution in [2.75, 3.05) is 33.4 Å². The number of hydrogen-bond donors (Lipinski definition) is 0. The normalized spacial score (nSPS) is 22.1. The molecule has 0 spiro atoms. The predicted octanol–water partition coefficient (Wildman–Crippen LogP) is -0.434. The minimum atomic E-state index is -0.795. The molecule has 2 fully saturated rings. The molecule has 0 aromatic rings. The molecular formula is C11H17NO5. The van der Waals surface area contributed by atoms with Gasteiger partial charge in [-0.3, -0.25) is 4.79 Å². The first-order chi connectivity index (χ1) is 8.20. The number of piperidine rings is 1. The summed E-state index contributed by atoms with van der Waals surface area (Å²) in [5.41, 5.74) is 0. The number of methoxy groups -OCH3 is 1. The van der Waals surface area contributed by atoms with E-state index in [0.717, 1.165) is 12.8 Å². The first-order valence-electron chi connectivity index (χ1n) is 5.81. The largest absolute Gasteiger partial charge is 0.462 e. The van der Waals surface area contributed by atoms with Gasteiger partial charge < -0.3 is 19.1 Å². The van der Waals surface area contributed by atoms with E-state index in [4.69, 9.17) is 9.47 Å². The lowest BCUT2D eigenvalue weighted by Gasteiger charge is -2.35. The summed E-state index contributed by atoms with van der Waals surface area (Å²) in [5.74, 6) is -1.35. The highest BCUT2D eigenvalue weighted by Crippen LogP contribution is 2.18. The monoisotopic (exact) mass is 243 g/mol. The maximum Gasteiger partial charge on any atom is 0.396 e. The van der Waals surface area contributed by atoms with E-state index in [1.165, 1.54) is 12.0 Å². The third kappa shape index (κ3) is 2.95. The second-order valence-corrected chi connectivity index (χ2v) is 4.28. The quantitative estimate of drug-likeness (QED) is 0.486. The highest BCUT2D eigenvalue weighted by molar-refractivity contribution is 6.32. The Balaban J connectivity index is 1.73. The second kappa shape index (κ2) is 5.46. The van der Waals surface area contributed by atoms with Gasteiger partial charge in [-0.15, -0.1) is 0 Å². The fourth-order valence-electron chi connectivity index (χ4n) is 1.98. The first kappa shape index (κ1) is 12.3. The summed E-state index contributed by atoms with van der Waals surface area (Å²) >= 11 is 0. The maximum absolute atomic E-state index is 11.5. The molecule has 2 heterocycles. The number of likely N-dealkylation sites (tertiary alicyclic amines) is 1. The molecule has 0 unspecified atom stereocenters. The molecule has 0 aromatic heterocycles. The van der Waals surface area contributed by atoms with Crippen molar-refractivity contribution in [2.45, 2.75) is 25.0 Å². The predicted molar refractivity (Wildman–Crippen MR) is 57.3 cm³/mol. The Bertz CT molecular complexity index is 294. The zero-order chi connectivity index (χ0) is 12.3. The van der Waals surface area contributed by atoms with Crippen LogP contribution in [0.5, 0.6) is 0 Å². The second-order valence-electron chi connectivity index (χ2n) is 4.28. The van der Waals surface area contributed by atoms with E-state index in [0.29, 0.717) is 26.3 Å². The average molecular weight is 243 g/mol. The maximum atomic E-state index is 11.5. The molecule has 6 nitrogen and oxygen atoms in total. The topological polar surface area (TPSA) is 65.1 Å². The molecule has 2 rings (SSSR count). The Hall–Kier alpha value is -1.14. The molecule has 0 saturated carbocycles. The van der Waals surface area contributed by atoms with Crippen molar-refractivity contribution in [3.8, 4) is 0 Å². The van der Waals surface area contributed by atoms with Crippen LogP contribution < -0.4 is 0 Å². The van der Waals surface area contributed by atoms with E-state index in [1.54, 1.807) is 0 Å². The third-order valence-electron chi connectivity index (χ3n) is 3.08. The third-order valence-corrected chi connectivity index (χ3v) is 3.08. The lowest BCUT2D eigenvalue weighted by molar-refractivity contribution is -0.169. The van der Waals surface area contributed by atoms with Gasteiger partial charge in [-0.1, -0.05) is 0 Å². The Morgan fingerprint density at radius 3 is 2.29 bits per heavy atom. The fraction of sp³-hybridized carbons (Fsp3) is 0.818. The number of nitrogens with zero attached hydrogens (tertiary/aromatic N) is 1. The van der Waals surface area contributed by atoms with Gasteiger partial charge in [-0.2, -0.15) is 0 Å². The number of amides is 1. The van der Waals surface area contributed by atoms with Gasteiger partial charge in [0.15, 0.2) is 0 Å². The summed E-state index contributed by atoms with van der Waals surface area (Å²) in [5, 5.41) is 0. The highest BCUT2D eigenvalue weighted by Gasteiger charge is 2.30. The fourth-order valence-corrected chi connectivity index (χ4v) is 1.98. The van der Waals surface area contributed by atoms with Gasteiger partial charge in [-0.05, 0) is 12.8 Å². The number of rotatable bonds is 2. The summed E-state index contributed by atoms with van der Waals surface area (Å²) < 4.78 is 15.2. The number of hydrogen-bond acceptors (Lipinski definition) is 5. The average Bonchev–Trinajstić information content (AvgIpc) is 2.32. The minimum Gasteiger partial charge on any atom is -0.462 e. The molecule has 0 N–H and O–H groups in total. The van der Waals surface area contributed by atoms with Crippen LogP contribution in [0, 0.1) is 0 Å². The summed E-state index contributed by atoms with van der Waals surface area (Å²) in [6.45, 7) is 2.43. The number of ether oxygens (including phenoxy) is 3. The van der Waals surface area contributed by atoms with Crippen LogP contribution in [0.25, 0.3) is 0 Å². The summed E-state index contributed by atoms with van der Waals surface area (Å²) in [6.07, 6.45) is 1.91. The Kier molecular flexibility index (Phi) is 3.96. The van der Waals surface area contributed by atoms with E-state index in [2.05, 4.69) is 4.74 Å². The van der Waals surface area contributed by atoms with Gasteiger partial charge in [0.1, 0.15) is 6.10 Å². The first-order valence-corrected chi connectivity index (χ1v) is 5.81. The molecule has 0 aromatic carbocycles. The molecule has 96 valence electrons. The SMILES string of the molecule is COC(=O)C(=O)N1CCC(OC2COC2)CC1. The summed E-state index contributed by atoms with van der Waals surface area (Å²) in [7, 11) is 1.21. The Labute approximate surface area is 99.8 Å². The van der Waals surface area contributed by atoms with Crippen LogP contribution in [0.15, 0.2) is 0 Å². The molecule has 6 heteroatoms. The molecule has 0 bridgehead atoms. The molecule has 0 aliphatic carbocycles. The van der Waals surface area contributed by atoms with Crippen LogP contribution in [0.3, 0.4) is 0 Å². The molecule has 0 atom stereocenters. The van der Waals surface area contributed by atoms with Gasteiger partial charge in [0.2, 0.25) is 0 Å². The van der Waals surface area contributed by atoms with Crippen molar-refractivity contribution >= 4 is 11.9 Å². The lowest BCUT2D eigenvalue weighted by Crippen LogP contribution is -2.47. The van der Waals surface area contributed by atoms with E-state index < -0.39 is 11.9 Å². The minimum absolute atomic E-state index is 0.172. The van der Waals surface area contributed by atoms with Crippen molar-refractivity contribution in [3.05, 3.63) is 0 Å². The number of esters is 1. The number of carbonyl (C=O) groups is 2. The van der Waals surface area contributed by atoms with Crippen LogP contribution in [0.2, 0.25) is 0 Å². The zero-order valence-corrected chi connectivity index (χ0v) is 9.89. The zero-order valence-electron chi connectivity index (χ0n) is 9.89. The van der Waals surface area contributed by atoms with Crippen molar-refractivity contribution in [1.82, 2.24) is 4.90 Å². The highest BCUT2D eigenvalue weighted by atomic mass is 16.6. The van der Waals surface area contributed by atoms with Gasteiger partial charge in [0.25, 0.3) is 0 Å². The van der Waals surface area contributed by atoms with Gasteiger partial charge >= 0.3 is 11.9 Å². The van der Waals surface area contributed by atoms with Crippen molar-refractivity contribution in [3.63, 3.8) is 0 Å².